The first kappa shape index (κ1) is 12.5. The number of carboxylic acid groups (broad SMARTS) is 1. The maximum Gasteiger partial charge on any atom is 0.419 e. The van der Waals surface area contributed by atoms with Gasteiger partial charge in [0.2, 0.25) is 0 Å². The third-order valence-electron chi connectivity index (χ3n) is 2.26. The second-order valence-electron chi connectivity index (χ2n) is 3.72. The molecule has 0 aliphatic carbocycles. The third kappa shape index (κ3) is 2.32. The Balaban J connectivity index is 2.64. The van der Waals surface area contributed by atoms with Crippen molar-refractivity contribution in [3.8, 4) is 0 Å². The molecule has 8 heteroatoms. The van der Waals surface area contributed by atoms with Crippen LogP contribution in [0.5, 0.6) is 0 Å². The van der Waals surface area contributed by atoms with E-state index in [1.165, 1.54) is 12.4 Å². The molecule has 0 fully saturated rings. The zero-order valence-electron chi connectivity index (χ0n) is 8.90. The van der Waals surface area contributed by atoms with E-state index in [4.69, 9.17) is 13.0 Å². The topological polar surface area (TPSA) is 54.6 Å². The Morgan fingerprint density at radius 3 is 2.67 bits per heavy atom. The van der Waals surface area contributed by atoms with Crippen molar-refractivity contribution in [1.29, 1.82) is 0 Å². The smallest absolute Gasteiger partial charge is 0.419 e. The highest BCUT2D eigenvalue weighted by molar-refractivity contribution is 6.32. The molecule has 18 heavy (non-hydrogen) atoms. The zero-order chi connectivity index (χ0) is 13.5. The number of hydrogen-bond donors (Lipinski definition) is 1. The largest absolute Gasteiger partial charge is 0.481 e. The number of rotatable bonds is 2. The number of hydrogen-bond acceptors (Lipinski definition) is 2. The standard InChI is InChI=1S/C10H6BF3N2O2/c11-5-1-7(10(12,13)14)9-15-6(2-8(17)18)4-16(9)3-5/h1,3-4H,2H2,(H,17,18). The van der Waals surface area contributed by atoms with Crippen LogP contribution in [0.4, 0.5) is 13.2 Å². The molecule has 4 nitrogen and oxygen atoms in total. The predicted octanol–water partition coefficient (Wildman–Crippen LogP) is 0.774. The zero-order valence-corrected chi connectivity index (χ0v) is 8.90. The lowest BCUT2D eigenvalue weighted by molar-refractivity contribution is -0.137. The van der Waals surface area contributed by atoms with Crippen LogP contribution in [0.15, 0.2) is 18.5 Å². The molecule has 2 heterocycles. The number of pyridine rings is 1. The van der Waals surface area contributed by atoms with E-state index in [1.807, 2.05) is 0 Å². The van der Waals surface area contributed by atoms with Gasteiger partial charge in [0, 0.05) is 12.4 Å². The molecule has 0 amide bonds. The highest BCUT2D eigenvalue weighted by Gasteiger charge is 2.34. The van der Waals surface area contributed by atoms with Crippen molar-refractivity contribution in [2.24, 2.45) is 0 Å². The Bertz CT molecular complexity index is 621. The summed E-state index contributed by atoms with van der Waals surface area (Å²) in [6.07, 6.45) is -2.57. The Morgan fingerprint density at radius 1 is 1.44 bits per heavy atom. The third-order valence-corrected chi connectivity index (χ3v) is 2.26. The van der Waals surface area contributed by atoms with Crippen molar-refractivity contribution in [3.05, 3.63) is 29.7 Å². The average Bonchev–Trinajstić information content (AvgIpc) is 2.55. The number of halogens is 3. The van der Waals surface area contributed by atoms with Crippen LogP contribution >= 0.6 is 0 Å². The van der Waals surface area contributed by atoms with Crippen LogP contribution in [0.1, 0.15) is 11.3 Å². The first-order valence-corrected chi connectivity index (χ1v) is 4.83. The van der Waals surface area contributed by atoms with Crippen molar-refractivity contribution in [2.75, 3.05) is 0 Å². The van der Waals surface area contributed by atoms with Crippen molar-refractivity contribution in [3.63, 3.8) is 0 Å². The molecule has 2 rings (SSSR count). The highest BCUT2D eigenvalue weighted by Crippen LogP contribution is 2.31. The number of aliphatic carboxylic acids is 1. The molecule has 0 spiro atoms. The fourth-order valence-electron chi connectivity index (χ4n) is 1.62. The van der Waals surface area contributed by atoms with Gasteiger partial charge in [-0.25, -0.2) is 4.98 Å². The number of carbonyl (C=O) groups is 1. The maximum absolute atomic E-state index is 12.7. The van der Waals surface area contributed by atoms with Gasteiger partial charge < -0.3 is 9.51 Å². The molecule has 0 saturated carbocycles. The molecule has 0 aromatic carbocycles. The monoisotopic (exact) mass is 254 g/mol. The van der Waals surface area contributed by atoms with E-state index < -0.39 is 24.1 Å². The summed E-state index contributed by atoms with van der Waals surface area (Å²) < 4.78 is 39.3. The highest BCUT2D eigenvalue weighted by atomic mass is 19.4. The summed E-state index contributed by atoms with van der Waals surface area (Å²) in [7, 11) is 5.37. The van der Waals surface area contributed by atoms with Crippen LogP contribution in [0, 0.1) is 0 Å². The molecule has 2 aromatic rings. The summed E-state index contributed by atoms with van der Waals surface area (Å²) >= 11 is 0. The van der Waals surface area contributed by atoms with Gasteiger partial charge in [-0.2, -0.15) is 13.2 Å². The Labute approximate surface area is 100 Å². The first-order valence-electron chi connectivity index (χ1n) is 4.83. The van der Waals surface area contributed by atoms with Crippen LogP contribution < -0.4 is 5.46 Å². The molecular weight excluding hydrogens is 248 g/mol. The van der Waals surface area contributed by atoms with E-state index in [-0.39, 0.29) is 16.8 Å². The summed E-state index contributed by atoms with van der Waals surface area (Å²) in [5, 5.41) is 8.58. The van der Waals surface area contributed by atoms with Crippen molar-refractivity contribution < 1.29 is 23.1 Å². The minimum atomic E-state index is -4.59. The fraction of sp³-hybridized carbons (Fsp3) is 0.200. The fourth-order valence-corrected chi connectivity index (χ4v) is 1.62. The molecule has 0 aliphatic heterocycles. The van der Waals surface area contributed by atoms with Crippen molar-refractivity contribution in [2.45, 2.75) is 12.6 Å². The number of alkyl halides is 3. The minimum Gasteiger partial charge on any atom is -0.481 e. The second-order valence-corrected chi connectivity index (χ2v) is 3.72. The Morgan fingerprint density at radius 2 is 2.11 bits per heavy atom. The van der Waals surface area contributed by atoms with Crippen molar-refractivity contribution >= 4 is 24.9 Å². The quantitative estimate of drug-likeness (QED) is 0.805. The lowest BCUT2D eigenvalue weighted by Gasteiger charge is -2.09. The number of fused-ring (bicyclic) bond motifs is 1. The first-order chi connectivity index (χ1) is 8.27. The van der Waals surface area contributed by atoms with Crippen LogP contribution in [-0.2, 0) is 17.4 Å². The normalized spacial score (nSPS) is 11.9. The number of imidazole rings is 1. The lowest BCUT2D eigenvalue weighted by Crippen LogP contribution is -2.14. The van der Waals surface area contributed by atoms with Gasteiger partial charge >= 0.3 is 12.1 Å². The molecule has 0 saturated heterocycles. The molecular formula is C10H6BF3N2O2. The van der Waals surface area contributed by atoms with E-state index in [0.29, 0.717) is 0 Å². The van der Waals surface area contributed by atoms with Gasteiger partial charge in [0.15, 0.2) is 0 Å². The molecule has 0 bridgehead atoms. The predicted molar refractivity (Wildman–Crippen MR) is 56.9 cm³/mol. The van der Waals surface area contributed by atoms with Crippen LogP contribution in [0.25, 0.3) is 5.65 Å². The van der Waals surface area contributed by atoms with Crippen molar-refractivity contribution in [1.82, 2.24) is 9.38 Å². The molecule has 2 radical (unpaired) electrons. The molecule has 0 unspecified atom stereocenters. The van der Waals surface area contributed by atoms with Gasteiger partial charge in [-0.3, -0.25) is 4.79 Å². The van der Waals surface area contributed by atoms with Gasteiger partial charge in [0.05, 0.1) is 17.7 Å². The molecule has 0 atom stereocenters. The summed E-state index contributed by atoms with van der Waals surface area (Å²) in [4.78, 5) is 14.2. The maximum atomic E-state index is 12.7. The van der Waals surface area contributed by atoms with Gasteiger partial charge in [-0.1, -0.05) is 11.5 Å². The summed E-state index contributed by atoms with van der Waals surface area (Å²) in [5.41, 5.74) is -1.38. The van der Waals surface area contributed by atoms with E-state index in [1.54, 1.807) is 0 Å². The Hall–Kier alpha value is -1.99. The van der Waals surface area contributed by atoms with Gasteiger partial charge in [-0.15, -0.1) is 0 Å². The summed E-state index contributed by atoms with van der Waals surface area (Å²) in [6.45, 7) is 0. The number of aromatic nitrogens is 2. The van der Waals surface area contributed by atoms with E-state index in [0.717, 1.165) is 10.5 Å². The summed E-state index contributed by atoms with van der Waals surface area (Å²) in [5.74, 6) is -1.17. The van der Waals surface area contributed by atoms with E-state index in [9.17, 15) is 18.0 Å². The molecule has 2 aromatic heterocycles. The molecule has 1 N–H and O–H groups in total. The van der Waals surface area contributed by atoms with Crippen LogP contribution in [0.2, 0.25) is 0 Å². The van der Waals surface area contributed by atoms with E-state index in [2.05, 4.69) is 4.98 Å². The lowest BCUT2D eigenvalue weighted by atomic mass is 9.97. The van der Waals surface area contributed by atoms with Gasteiger partial charge in [-0.05, 0) is 0 Å². The average molecular weight is 254 g/mol. The van der Waals surface area contributed by atoms with Crippen LogP contribution in [0.3, 0.4) is 0 Å². The Kier molecular flexibility index (Phi) is 2.80. The summed E-state index contributed by atoms with van der Waals surface area (Å²) in [6, 6.07) is 0.771. The van der Waals surface area contributed by atoms with Crippen LogP contribution in [-0.4, -0.2) is 28.3 Å². The van der Waals surface area contributed by atoms with Gasteiger partial charge in [0.1, 0.15) is 13.5 Å². The number of nitrogens with zero attached hydrogens (tertiary/aromatic N) is 2. The van der Waals surface area contributed by atoms with E-state index >= 15 is 0 Å². The van der Waals surface area contributed by atoms with Gasteiger partial charge in [0.25, 0.3) is 0 Å². The second kappa shape index (κ2) is 4.04. The number of carboxylic acids is 1. The SMILES string of the molecule is [B]c1cc(C(F)(F)F)c2nc(CC(=O)O)cn2c1. The minimum absolute atomic E-state index is 0.0404. The molecule has 0 aliphatic rings. The molecule has 92 valence electrons.